The Bertz CT molecular complexity index is 174. The molecule has 1 aliphatic carbocycles. The summed E-state index contributed by atoms with van der Waals surface area (Å²) in [7, 11) is 0. The van der Waals surface area contributed by atoms with Gasteiger partial charge in [0.15, 0.2) is 0 Å². The van der Waals surface area contributed by atoms with Crippen molar-refractivity contribution in [3.05, 3.63) is 0 Å². The largest absolute Gasteiger partial charge is 0.315 e. The van der Waals surface area contributed by atoms with Crippen molar-refractivity contribution in [1.82, 2.24) is 10.2 Å². The van der Waals surface area contributed by atoms with Crippen LogP contribution in [-0.2, 0) is 0 Å². The van der Waals surface area contributed by atoms with Gasteiger partial charge in [-0.05, 0) is 45.3 Å². The Balaban J connectivity index is 2.09. The van der Waals surface area contributed by atoms with Crippen LogP contribution in [0.25, 0.3) is 0 Å². The minimum Gasteiger partial charge on any atom is -0.315 e. The fourth-order valence-corrected chi connectivity index (χ4v) is 2.88. The zero-order valence-electron chi connectivity index (χ0n) is 12.2. The van der Waals surface area contributed by atoms with Gasteiger partial charge in [0.1, 0.15) is 0 Å². The SMILES string of the molecule is CCN(CCCCNC(C)C)C1CCCCC1. The molecule has 17 heavy (non-hydrogen) atoms. The van der Waals surface area contributed by atoms with Crippen molar-refractivity contribution in [2.75, 3.05) is 19.6 Å². The fourth-order valence-electron chi connectivity index (χ4n) is 2.88. The second-order valence-corrected chi connectivity index (χ2v) is 5.74. The molecule has 0 atom stereocenters. The Morgan fingerprint density at radius 1 is 1.12 bits per heavy atom. The van der Waals surface area contributed by atoms with Gasteiger partial charge in [0.2, 0.25) is 0 Å². The molecule has 0 saturated heterocycles. The molecule has 1 saturated carbocycles. The molecule has 1 aliphatic rings. The van der Waals surface area contributed by atoms with E-state index in [9.17, 15) is 0 Å². The molecule has 0 bridgehead atoms. The summed E-state index contributed by atoms with van der Waals surface area (Å²) in [6.45, 7) is 10.5. The third-order valence-electron chi connectivity index (χ3n) is 3.92. The molecular formula is C15H32N2. The van der Waals surface area contributed by atoms with E-state index in [0.29, 0.717) is 6.04 Å². The summed E-state index contributed by atoms with van der Waals surface area (Å²) in [5.74, 6) is 0. The highest BCUT2D eigenvalue weighted by Crippen LogP contribution is 2.22. The molecule has 1 fully saturated rings. The number of hydrogen-bond acceptors (Lipinski definition) is 2. The van der Waals surface area contributed by atoms with Gasteiger partial charge in [-0.2, -0.15) is 0 Å². The number of unbranched alkanes of at least 4 members (excludes halogenated alkanes) is 1. The maximum Gasteiger partial charge on any atom is 0.00951 e. The van der Waals surface area contributed by atoms with Crippen molar-refractivity contribution < 1.29 is 0 Å². The van der Waals surface area contributed by atoms with Crippen molar-refractivity contribution in [2.24, 2.45) is 0 Å². The van der Waals surface area contributed by atoms with E-state index in [2.05, 4.69) is 31.0 Å². The maximum absolute atomic E-state index is 3.50. The van der Waals surface area contributed by atoms with Crippen molar-refractivity contribution >= 4 is 0 Å². The van der Waals surface area contributed by atoms with Gasteiger partial charge in [-0.25, -0.2) is 0 Å². The third kappa shape index (κ3) is 6.42. The lowest BCUT2D eigenvalue weighted by atomic mass is 9.94. The van der Waals surface area contributed by atoms with E-state index in [-0.39, 0.29) is 0 Å². The van der Waals surface area contributed by atoms with Gasteiger partial charge in [0, 0.05) is 12.1 Å². The minimum absolute atomic E-state index is 0.635. The van der Waals surface area contributed by atoms with Gasteiger partial charge in [0.05, 0.1) is 0 Å². The Labute approximate surface area is 108 Å². The van der Waals surface area contributed by atoms with E-state index in [1.54, 1.807) is 0 Å². The first kappa shape index (κ1) is 15.0. The molecule has 2 heteroatoms. The van der Waals surface area contributed by atoms with Crippen LogP contribution in [0.2, 0.25) is 0 Å². The highest BCUT2D eigenvalue weighted by molar-refractivity contribution is 4.75. The van der Waals surface area contributed by atoms with Gasteiger partial charge >= 0.3 is 0 Å². The molecule has 0 heterocycles. The lowest BCUT2D eigenvalue weighted by molar-refractivity contribution is 0.161. The summed E-state index contributed by atoms with van der Waals surface area (Å²) in [5.41, 5.74) is 0. The van der Waals surface area contributed by atoms with E-state index in [0.717, 1.165) is 6.04 Å². The Kier molecular flexibility index (Phi) is 7.87. The van der Waals surface area contributed by atoms with Crippen LogP contribution in [0.3, 0.4) is 0 Å². The third-order valence-corrected chi connectivity index (χ3v) is 3.92. The van der Waals surface area contributed by atoms with Crippen LogP contribution < -0.4 is 5.32 Å². The van der Waals surface area contributed by atoms with Gasteiger partial charge in [-0.15, -0.1) is 0 Å². The van der Waals surface area contributed by atoms with Crippen LogP contribution in [0.15, 0.2) is 0 Å². The predicted molar refractivity (Wildman–Crippen MR) is 76.5 cm³/mol. The smallest absolute Gasteiger partial charge is 0.00951 e. The summed E-state index contributed by atoms with van der Waals surface area (Å²) >= 11 is 0. The van der Waals surface area contributed by atoms with Crippen LogP contribution in [0.1, 0.15) is 65.7 Å². The summed E-state index contributed by atoms with van der Waals surface area (Å²) in [6.07, 6.45) is 9.93. The zero-order chi connectivity index (χ0) is 12.5. The summed E-state index contributed by atoms with van der Waals surface area (Å²) in [5, 5.41) is 3.50. The Morgan fingerprint density at radius 2 is 1.82 bits per heavy atom. The first-order valence-electron chi connectivity index (χ1n) is 7.71. The average molecular weight is 240 g/mol. The second kappa shape index (κ2) is 8.93. The molecule has 0 unspecified atom stereocenters. The van der Waals surface area contributed by atoms with E-state index in [4.69, 9.17) is 0 Å². The van der Waals surface area contributed by atoms with Crippen molar-refractivity contribution in [3.8, 4) is 0 Å². The molecule has 0 aliphatic heterocycles. The highest BCUT2D eigenvalue weighted by Gasteiger charge is 2.18. The van der Waals surface area contributed by atoms with E-state index >= 15 is 0 Å². The van der Waals surface area contributed by atoms with Gasteiger partial charge in [-0.3, -0.25) is 0 Å². The lowest BCUT2D eigenvalue weighted by Gasteiger charge is -2.33. The molecular weight excluding hydrogens is 208 g/mol. The first-order chi connectivity index (χ1) is 8.24. The Hall–Kier alpha value is -0.0800. The topological polar surface area (TPSA) is 15.3 Å². The summed E-state index contributed by atoms with van der Waals surface area (Å²) in [4.78, 5) is 2.72. The summed E-state index contributed by atoms with van der Waals surface area (Å²) < 4.78 is 0. The molecule has 0 aromatic carbocycles. The zero-order valence-corrected chi connectivity index (χ0v) is 12.2. The molecule has 0 aromatic heterocycles. The van der Waals surface area contributed by atoms with Crippen molar-refractivity contribution in [3.63, 3.8) is 0 Å². The minimum atomic E-state index is 0.635. The summed E-state index contributed by atoms with van der Waals surface area (Å²) in [6, 6.07) is 1.53. The number of nitrogens with one attached hydrogen (secondary N) is 1. The normalized spacial score (nSPS) is 18.2. The van der Waals surface area contributed by atoms with Crippen LogP contribution in [-0.4, -0.2) is 36.6 Å². The second-order valence-electron chi connectivity index (χ2n) is 5.74. The predicted octanol–water partition coefficient (Wildman–Crippen LogP) is 3.42. The van der Waals surface area contributed by atoms with Crippen LogP contribution in [0, 0.1) is 0 Å². The van der Waals surface area contributed by atoms with Crippen molar-refractivity contribution in [1.29, 1.82) is 0 Å². The van der Waals surface area contributed by atoms with E-state index < -0.39 is 0 Å². The molecule has 0 radical (unpaired) electrons. The van der Waals surface area contributed by atoms with Crippen LogP contribution >= 0.6 is 0 Å². The molecule has 1 N–H and O–H groups in total. The number of nitrogens with zero attached hydrogens (tertiary/aromatic N) is 1. The molecule has 0 amide bonds. The Morgan fingerprint density at radius 3 is 2.41 bits per heavy atom. The molecule has 2 nitrogen and oxygen atoms in total. The van der Waals surface area contributed by atoms with Crippen molar-refractivity contribution in [2.45, 2.75) is 77.8 Å². The van der Waals surface area contributed by atoms with Crippen LogP contribution in [0.4, 0.5) is 0 Å². The van der Waals surface area contributed by atoms with E-state index in [1.165, 1.54) is 64.6 Å². The monoisotopic (exact) mass is 240 g/mol. The molecule has 0 aromatic rings. The molecule has 0 spiro atoms. The quantitative estimate of drug-likeness (QED) is 0.654. The lowest BCUT2D eigenvalue weighted by Crippen LogP contribution is -2.37. The number of rotatable bonds is 8. The molecule has 1 rings (SSSR count). The molecule has 102 valence electrons. The average Bonchev–Trinajstić information content (AvgIpc) is 2.34. The van der Waals surface area contributed by atoms with Gasteiger partial charge in [-0.1, -0.05) is 40.0 Å². The number of hydrogen-bond donors (Lipinski definition) is 1. The van der Waals surface area contributed by atoms with E-state index in [1.807, 2.05) is 0 Å². The van der Waals surface area contributed by atoms with Gasteiger partial charge < -0.3 is 10.2 Å². The highest BCUT2D eigenvalue weighted by atomic mass is 15.1. The maximum atomic E-state index is 3.50. The van der Waals surface area contributed by atoms with Gasteiger partial charge in [0.25, 0.3) is 0 Å². The van der Waals surface area contributed by atoms with Crippen LogP contribution in [0.5, 0.6) is 0 Å². The standard InChI is InChI=1S/C15H32N2/c1-4-17(15-10-6-5-7-11-15)13-9-8-12-16-14(2)3/h14-16H,4-13H2,1-3H3. The fraction of sp³-hybridized carbons (Fsp3) is 1.00. The first-order valence-corrected chi connectivity index (χ1v) is 7.71.